The van der Waals surface area contributed by atoms with Crippen molar-refractivity contribution in [2.75, 3.05) is 5.73 Å². The van der Waals surface area contributed by atoms with Crippen LogP contribution < -0.4 is 5.73 Å². The van der Waals surface area contributed by atoms with Gasteiger partial charge in [0.1, 0.15) is 11.2 Å². The second-order valence-electron chi connectivity index (χ2n) is 4.78. The highest BCUT2D eigenvalue weighted by atomic mass is 16.3. The van der Waals surface area contributed by atoms with E-state index in [0.29, 0.717) is 5.69 Å². The largest absolute Gasteiger partial charge is 0.456 e. The number of anilines is 1. The van der Waals surface area contributed by atoms with E-state index in [1.807, 2.05) is 36.4 Å². The summed E-state index contributed by atoms with van der Waals surface area (Å²) in [6.45, 7) is 0. The molecule has 0 fully saturated rings. The van der Waals surface area contributed by atoms with E-state index >= 15 is 0 Å². The summed E-state index contributed by atoms with van der Waals surface area (Å²) in [5, 5.41) is 2.22. The van der Waals surface area contributed by atoms with Gasteiger partial charge in [-0.3, -0.25) is 4.98 Å². The number of furan rings is 1. The van der Waals surface area contributed by atoms with Gasteiger partial charge in [-0.2, -0.15) is 0 Å². The molecule has 2 aromatic heterocycles. The molecule has 0 aliphatic carbocycles. The van der Waals surface area contributed by atoms with Crippen molar-refractivity contribution >= 4 is 27.6 Å². The maximum absolute atomic E-state index is 5.82. The van der Waals surface area contributed by atoms with Crippen molar-refractivity contribution in [3.63, 3.8) is 0 Å². The first-order valence-corrected chi connectivity index (χ1v) is 6.44. The zero-order valence-electron chi connectivity index (χ0n) is 10.7. The molecule has 3 nitrogen and oxygen atoms in total. The summed E-state index contributed by atoms with van der Waals surface area (Å²) in [5.74, 6) is 0. The molecule has 4 rings (SSSR count). The molecule has 0 aliphatic heterocycles. The molecule has 20 heavy (non-hydrogen) atoms. The van der Waals surface area contributed by atoms with Crippen molar-refractivity contribution in [1.82, 2.24) is 4.98 Å². The third-order valence-corrected chi connectivity index (χ3v) is 3.46. The van der Waals surface area contributed by atoms with Gasteiger partial charge in [0, 0.05) is 28.2 Å². The zero-order chi connectivity index (χ0) is 13.5. The third kappa shape index (κ3) is 1.64. The summed E-state index contributed by atoms with van der Waals surface area (Å²) in [6, 6.07) is 17.8. The van der Waals surface area contributed by atoms with Crippen molar-refractivity contribution < 1.29 is 4.42 Å². The van der Waals surface area contributed by atoms with Crippen LogP contribution in [0, 0.1) is 0 Å². The van der Waals surface area contributed by atoms with Crippen LogP contribution in [0.3, 0.4) is 0 Å². The van der Waals surface area contributed by atoms with Crippen LogP contribution in [0.15, 0.2) is 65.2 Å². The number of nitrogen functional groups attached to an aromatic ring is 1. The van der Waals surface area contributed by atoms with Crippen molar-refractivity contribution in [2.45, 2.75) is 0 Å². The number of benzene rings is 2. The van der Waals surface area contributed by atoms with Gasteiger partial charge in [-0.05, 0) is 36.4 Å². The molecule has 0 saturated heterocycles. The van der Waals surface area contributed by atoms with E-state index in [1.165, 1.54) is 0 Å². The predicted molar refractivity (Wildman–Crippen MR) is 81.4 cm³/mol. The maximum atomic E-state index is 5.82. The van der Waals surface area contributed by atoms with Gasteiger partial charge in [0.25, 0.3) is 0 Å². The standard InChI is InChI=1S/C17H12N2O/c18-12-7-8-19-15(10-12)11-5-6-17-14(9-11)13-3-1-2-4-16(13)20-17/h1-10H,(H2,18,19). The maximum Gasteiger partial charge on any atom is 0.135 e. The van der Waals surface area contributed by atoms with Gasteiger partial charge in [0.15, 0.2) is 0 Å². The second-order valence-corrected chi connectivity index (χ2v) is 4.78. The Morgan fingerprint density at radius 1 is 0.850 bits per heavy atom. The van der Waals surface area contributed by atoms with Gasteiger partial charge in [0.05, 0.1) is 5.69 Å². The average Bonchev–Trinajstić information content (AvgIpc) is 2.85. The van der Waals surface area contributed by atoms with E-state index in [2.05, 4.69) is 17.1 Å². The summed E-state index contributed by atoms with van der Waals surface area (Å²) in [5.41, 5.74) is 10.2. The number of aromatic nitrogens is 1. The Morgan fingerprint density at radius 3 is 2.60 bits per heavy atom. The molecular formula is C17H12N2O. The first-order chi connectivity index (χ1) is 9.81. The quantitative estimate of drug-likeness (QED) is 0.557. The monoisotopic (exact) mass is 260 g/mol. The number of rotatable bonds is 1. The number of para-hydroxylation sites is 1. The van der Waals surface area contributed by atoms with Gasteiger partial charge < -0.3 is 10.2 Å². The summed E-state index contributed by atoms with van der Waals surface area (Å²) in [6.07, 6.45) is 1.72. The zero-order valence-corrected chi connectivity index (χ0v) is 10.7. The summed E-state index contributed by atoms with van der Waals surface area (Å²) < 4.78 is 5.82. The number of pyridine rings is 1. The van der Waals surface area contributed by atoms with Crippen LogP contribution in [0.5, 0.6) is 0 Å². The van der Waals surface area contributed by atoms with Gasteiger partial charge in [-0.15, -0.1) is 0 Å². The number of fused-ring (bicyclic) bond motifs is 3. The van der Waals surface area contributed by atoms with Crippen LogP contribution in [-0.4, -0.2) is 4.98 Å². The van der Waals surface area contributed by atoms with Crippen LogP contribution in [0.1, 0.15) is 0 Å². The Balaban J connectivity index is 2.00. The average molecular weight is 260 g/mol. The van der Waals surface area contributed by atoms with Gasteiger partial charge in [0.2, 0.25) is 0 Å². The van der Waals surface area contributed by atoms with E-state index in [1.54, 1.807) is 12.3 Å². The fourth-order valence-corrected chi connectivity index (χ4v) is 2.49. The summed E-state index contributed by atoms with van der Waals surface area (Å²) >= 11 is 0. The SMILES string of the molecule is Nc1ccnc(-c2ccc3oc4ccccc4c3c2)c1. The molecule has 2 aromatic carbocycles. The molecule has 3 heteroatoms. The van der Waals surface area contributed by atoms with E-state index in [-0.39, 0.29) is 0 Å². The Kier molecular flexibility index (Phi) is 2.27. The first kappa shape index (κ1) is 11.1. The molecule has 0 radical (unpaired) electrons. The number of nitrogens with two attached hydrogens (primary N) is 1. The normalized spacial score (nSPS) is 11.2. The lowest BCUT2D eigenvalue weighted by atomic mass is 10.1. The lowest BCUT2D eigenvalue weighted by Crippen LogP contribution is -1.88. The van der Waals surface area contributed by atoms with E-state index in [0.717, 1.165) is 33.2 Å². The molecule has 0 bridgehead atoms. The van der Waals surface area contributed by atoms with Crippen LogP contribution in [0.2, 0.25) is 0 Å². The molecule has 0 amide bonds. The summed E-state index contributed by atoms with van der Waals surface area (Å²) in [7, 11) is 0. The minimum Gasteiger partial charge on any atom is -0.456 e. The Bertz CT molecular complexity index is 924. The minimum atomic E-state index is 0.715. The number of hydrogen-bond donors (Lipinski definition) is 1. The molecule has 96 valence electrons. The second kappa shape index (κ2) is 4.10. The fourth-order valence-electron chi connectivity index (χ4n) is 2.49. The van der Waals surface area contributed by atoms with Crippen molar-refractivity contribution in [3.8, 4) is 11.3 Å². The van der Waals surface area contributed by atoms with Gasteiger partial charge >= 0.3 is 0 Å². The Labute approximate surface area is 115 Å². The van der Waals surface area contributed by atoms with Crippen molar-refractivity contribution in [3.05, 3.63) is 60.8 Å². The van der Waals surface area contributed by atoms with Crippen LogP contribution in [0.4, 0.5) is 5.69 Å². The minimum absolute atomic E-state index is 0.715. The van der Waals surface area contributed by atoms with E-state index in [4.69, 9.17) is 10.2 Å². The highest BCUT2D eigenvalue weighted by Crippen LogP contribution is 2.31. The predicted octanol–water partition coefficient (Wildman–Crippen LogP) is 4.23. The van der Waals surface area contributed by atoms with Crippen molar-refractivity contribution in [2.24, 2.45) is 0 Å². The first-order valence-electron chi connectivity index (χ1n) is 6.44. The molecular weight excluding hydrogens is 248 g/mol. The van der Waals surface area contributed by atoms with Crippen LogP contribution >= 0.6 is 0 Å². The molecule has 0 spiro atoms. The molecule has 0 unspecified atom stereocenters. The van der Waals surface area contributed by atoms with Crippen LogP contribution in [0.25, 0.3) is 33.2 Å². The fraction of sp³-hybridized carbons (Fsp3) is 0. The topological polar surface area (TPSA) is 52.0 Å². The highest BCUT2D eigenvalue weighted by Gasteiger charge is 2.08. The number of nitrogens with zero attached hydrogens (tertiary/aromatic N) is 1. The molecule has 0 aliphatic rings. The van der Waals surface area contributed by atoms with Crippen LogP contribution in [-0.2, 0) is 0 Å². The lowest BCUT2D eigenvalue weighted by Gasteiger charge is -2.01. The van der Waals surface area contributed by atoms with Gasteiger partial charge in [-0.25, -0.2) is 0 Å². The Hall–Kier alpha value is -2.81. The molecule has 2 N–H and O–H groups in total. The van der Waals surface area contributed by atoms with E-state index in [9.17, 15) is 0 Å². The molecule has 0 saturated carbocycles. The molecule has 2 heterocycles. The highest BCUT2D eigenvalue weighted by molar-refractivity contribution is 6.06. The number of hydrogen-bond acceptors (Lipinski definition) is 3. The molecule has 0 atom stereocenters. The van der Waals surface area contributed by atoms with Gasteiger partial charge in [-0.1, -0.05) is 18.2 Å². The molecule has 4 aromatic rings. The third-order valence-electron chi connectivity index (χ3n) is 3.46. The smallest absolute Gasteiger partial charge is 0.135 e. The Morgan fingerprint density at radius 2 is 1.70 bits per heavy atom. The van der Waals surface area contributed by atoms with Crippen molar-refractivity contribution in [1.29, 1.82) is 0 Å². The van der Waals surface area contributed by atoms with E-state index < -0.39 is 0 Å². The summed E-state index contributed by atoms with van der Waals surface area (Å²) in [4.78, 5) is 4.37. The lowest BCUT2D eigenvalue weighted by molar-refractivity contribution is 0.669.